The summed E-state index contributed by atoms with van der Waals surface area (Å²) in [5.41, 5.74) is 23.5. The van der Waals surface area contributed by atoms with Crippen LogP contribution in [-0.4, -0.2) is 39.9 Å². The molecule has 0 unspecified atom stereocenters. The number of benzene rings is 4. The highest BCUT2D eigenvalue weighted by atomic mass is 14.8. The number of hydrogen-bond donors (Lipinski definition) is 0. The van der Waals surface area contributed by atoms with Gasteiger partial charge in [0.05, 0.1) is 56.9 Å². The smallest absolute Gasteiger partial charge is 0.0900 e. The highest BCUT2D eigenvalue weighted by molar-refractivity contribution is 5.81. The van der Waals surface area contributed by atoms with Crippen LogP contribution >= 0.6 is 0 Å². The van der Waals surface area contributed by atoms with Gasteiger partial charge in [0.15, 0.2) is 0 Å². The van der Waals surface area contributed by atoms with E-state index in [1.807, 2.05) is 85.2 Å². The van der Waals surface area contributed by atoms with Crippen LogP contribution in [0.4, 0.5) is 0 Å². The van der Waals surface area contributed by atoms with Crippen LogP contribution in [0.15, 0.2) is 243 Å². The van der Waals surface area contributed by atoms with Crippen LogP contribution in [0.1, 0.15) is 11.1 Å². The summed E-state index contributed by atoms with van der Waals surface area (Å²) in [4.78, 5) is 38.1. The number of aromatic nitrogens is 8. The summed E-state index contributed by atoms with van der Waals surface area (Å²) in [6.45, 7) is 4.28. The van der Waals surface area contributed by atoms with Crippen LogP contribution in [0.5, 0.6) is 0 Å². The Morgan fingerprint density at radius 1 is 0.203 bits per heavy atom. The zero-order chi connectivity index (χ0) is 49.8. The van der Waals surface area contributed by atoms with Gasteiger partial charge in [0.1, 0.15) is 0 Å². The topological polar surface area (TPSA) is 103 Å². The van der Waals surface area contributed by atoms with E-state index in [2.05, 4.69) is 167 Å². The Bertz CT molecular complexity index is 3530. The molecule has 12 aromatic rings. The van der Waals surface area contributed by atoms with Crippen molar-refractivity contribution in [1.29, 1.82) is 0 Å². The van der Waals surface area contributed by atoms with Crippen molar-refractivity contribution in [3.8, 4) is 124 Å². The maximum Gasteiger partial charge on any atom is 0.0900 e. The molecule has 0 saturated carbocycles. The molecule has 0 aliphatic carbocycles. The first-order valence-corrected chi connectivity index (χ1v) is 24.5. The van der Waals surface area contributed by atoms with Crippen molar-refractivity contribution in [1.82, 2.24) is 39.9 Å². The van der Waals surface area contributed by atoms with E-state index in [1.165, 1.54) is 11.1 Å². The molecule has 12 rings (SSSR count). The molecule has 8 nitrogen and oxygen atoms in total. The summed E-state index contributed by atoms with van der Waals surface area (Å²) < 4.78 is 0. The Kier molecular flexibility index (Phi) is 12.3. The summed E-state index contributed by atoms with van der Waals surface area (Å²) in [6, 6.07) is 71.1. The molecule has 350 valence electrons. The molecule has 8 heterocycles. The maximum atomic E-state index is 4.95. The number of hydrogen-bond acceptors (Lipinski definition) is 8. The fourth-order valence-electron chi connectivity index (χ4n) is 9.35. The van der Waals surface area contributed by atoms with Gasteiger partial charge in [-0.3, -0.25) is 29.9 Å². The normalized spacial score (nSPS) is 11.1. The lowest BCUT2D eigenvalue weighted by Gasteiger charge is -2.12. The van der Waals surface area contributed by atoms with Gasteiger partial charge >= 0.3 is 0 Å². The van der Waals surface area contributed by atoms with Gasteiger partial charge in [0.2, 0.25) is 0 Å². The molecule has 8 heteroatoms. The minimum Gasteiger partial charge on any atom is -0.255 e. The first-order valence-electron chi connectivity index (χ1n) is 24.5. The molecular formula is C66H46N8. The Morgan fingerprint density at radius 2 is 0.459 bits per heavy atom. The highest BCUT2D eigenvalue weighted by Gasteiger charge is 2.15. The van der Waals surface area contributed by atoms with Crippen molar-refractivity contribution in [2.45, 2.75) is 13.8 Å². The predicted octanol–water partition coefficient (Wildman–Crippen LogP) is 15.8. The molecule has 8 aromatic heterocycles. The third-order valence-corrected chi connectivity index (χ3v) is 13.1. The second-order valence-electron chi connectivity index (χ2n) is 18.3. The second kappa shape index (κ2) is 20.1. The van der Waals surface area contributed by atoms with Crippen LogP contribution in [0.3, 0.4) is 0 Å². The van der Waals surface area contributed by atoms with E-state index in [-0.39, 0.29) is 0 Å². The van der Waals surface area contributed by atoms with Gasteiger partial charge in [-0.1, -0.05) is 109 Å². The molecule has 4 aromatic carbocycles. The highest BCUT2D eigenvalue weighted by Crippen LogP contribution is 2.36. The number of aryl methyl sites for hydroxylation is 2. The quantitative estimate of drug-likeness (QED) is 0.126. The fourth-order valence-corrected chi connectivity index (χ4v) is 9.35. The molecule has 0 radical (unpaired) electrons. The molecule has 74 heavy (non-hydrogen) atoms. The standard InChI is InChI=1S/C66H46N8/c1-43-31-51(45-15-19-47(20-16-45)55-37-63(57-11-3-7-27-67-57)73-64(38-55)58-12-4-8-28-68-58)35-53(33-43)49-23-25-61(71-41-49)62-26-24-50(42-72-62)54-34-44(2)32-52(36-54)46-17-21-48(22-18-46)56-39-65(59-13-5-9-29-69-59)74-66(40-56)60-14-6-10-30-70-60/h3-42H,1-2H3. The van der Waals surface area contributed by atoms with E-state index in [1.54, 1.807) is 24.8 Å². The van der Waals surface area contributed by atoms with Crippen LogP contribution in [-0.2, 0) is 0 Å². The van der Waals surface area contributed by atoms with Crippen molar-refractivity contribution in [2.75, 3.05) is 0 Å². The average molecular weight is 951 g/mol. The maximum absolute atomic E-state index is 4.95. The van der Waals surface area contributed by atoms with Gasteiger partial charge in [-0.2, -0.15) is 0 Å². The minimum atomic E-state index is 0.801. The molecule has 0 spiro atoms. The number of nitrogens with zero attached hydrogens (tertiary/aromatic N) is 8. The largest absolute Gasteiger partial charge is 0.255 e. The molecule has 0 fully saturated rings. The average Bonchev–Trinajstić information content (AvgIpc) is 3.47. The lowest BCUT2D eigenvalue weighted by Crippen LogP contribution is -1.94. The van der Waals surface area contributed by atoms with Gasteiger partial charge < -0.3 is 0 Å². The third kappa shape index (κ3) is 9.76. The summed E-state index contributed by atoms with van der Waals surface area (Å²) in [5.74, 6) is 0. The molecule has 0 saturated heterocycles. The van der Waals surface area contributed by atoms with E-state index in [9.17, 15) is 0 Å². The van der Waals surface area contributed by atoms with E-state index < -0.39 is 0 Å². The van der Waals surface area contributed by atoms with Crippen molar-refractivity contribution >= 4 is 0 Å². The minimum absolute atomic E-state index is 0.801. The van der Waals surface area contributed by atoms with E-state index in [4.69, 9.17) is 19.9 Å². The molecule has 0 aliphatic heterocycles. The molecular weight excluding hydrogens is 905 g/mol. The van der Waals surface area contributed by atoms with Crippen LogP contribution < -0.4 is 0 Å². The van der Waals surface area contributed by atoms with E-state index >= 15 is 0 Å². The fraction of sp³-hybridized carbons (Fsp3) is 0.0303. The second-order valence-corrected chi connectivity index (χ2v) is 18.3. The van der Waals surface area contributed by atoms with Crippen molar-refractivity contribution in [2.24, 2.45) is 0 Å². The Balaban J connectivity index is 0.758. The van der Waals surface area contributed by atoms with Gasteiger partial charge in [-0.15, -0.1) is 0 Å². The zero-order valence-electron chi connectivity index (χ0n) is 40.7. The third-order valence-electron chi connectivity index (χ3n) is 13.1. The molecule has 0 N–H and O–H groups in total. The van der Waals surface area contributed by atoms with Gasteiger partial charge in [0, 0.05) is 48.3 Å². The number of rotatable bonds is 11. The first kappa shape index (κ1) is 45.2. The molecule has 0 amide bonds. The van der Waals surface area contributed by atoms with Crippen LogP contribution in [0.2, 0.25) is 0 Å². The summed E-state index contributed by atoms with van der Waals surface area (Å²) in [7, 11) is 0. The lowest BCUT2D eigenvalue weighted by atomic mass is 9.95. The monoisotopic (exact) mass is 950 g/mol. The van der Waals surface area contributed by atoms with Crippen molar-refractivity contribution in [3.63, 3.8) is 0 Å². The number of pyridine rings is 8. The van der Waals surface area contributed by atoms with Gasteiger partial charge in [-0.25, -0.2) is 9.97 Å². The van der Waals surface area contributed by atoms with Gasteiger partial charge in [-0.05, 0) is 178 Å². The summed E-state index contributed by atoms with van der Waals surface area (Å²) in [5, 5.41) is 0. The molecule has 0 atom stereocenters. The first-order chi connectivity index (χ1) is 36.4. The van der Waals surface area contributed by atoms with Crippen LogP contribution in [0.25, 0.3) is 124 Å². The Hall–Kier alpha value is -9.92. The molecule has 0 aliphatic rings. The predicted molar refractivity (Wildman–Crippen MR) is 298 cm³/mol. The van der Waals surface area contributed by atoms with Crippen molar-refractivity contribution < 1.29 is 0 Å². The van der Waals surface area contributed by atoms with Crippen molar-refractivity contribution in [3.05, 3.63) is 255 Å². The summed E-state index contributed by atoms with van der Waals surface area (Å²) in [6.07, 6.45) is 11.1. The lowest BCUT2D eigenvalue weighted by molar-refractivity contribution is 1.22. The van der Waals surface area contributed by atoms with Gasteiger partial charge in [0.25, 0.3) is 0 Å². The Morgan fingerprint density at radius 3 is 0.716 bits per heavy atom. The summed E-state index contributed by atoms with van der Waals surface area (Å²) >= 11 is 0. The van der Waals surface area contributed by atoms with E-state index in [0.29, 0.717) is 0 Å². The SMILES string of the molecule is Cc1cc(-c2ccc(-c3cc(-c4ccccn4)nc(-c4ccccn4)c3)cc2)cc(-c2ccc(-c3ccc(-c4cc(C)cc(-c5ccc(-c6cc(-c7ccccn7)nc(-c7ccccn7)c6)cc5)c4)cn3)nc2)c1. The zero-order valence-corrected chi connectivity index (χ0v) is 40.7. The van der Waals surface area contributed by atoms with Crippen LogP contribution in [0, 0.1) is 13.8 Å². The Labute approximate surface area is 430 Å². The molecule has 0 bridgehead atoms. The van der Waals surface area contributed by atoms with E-state index in [0.717, 1.165) is 124 Å².